The van der Waals surface area contributed by atoms with Gasteiger partial charge in [0.05, 0.1) is 17.6 Å². The largest absolute Gasteiger partial charge is 0.497 e. The van der Waals surface area contributed by atoms with Gasteiger partial charge in [0.25, 0.3) is 5.91 Å². The van der Waals surface area contributed by atoms with Gasteiger partial charge < -0.3 is 18.9 Å². The molecule has 0 saturated carbocycles. The molecule has 33 heavy (non-hydrogen) atoms. The summed E-state index contributed by atoms with van der Waals surface area (Å²) >= 11 is 0. The lowest BCUT2D eigenvalue weighted by Gasteiger charge is -2.34. The van der Waals surface area contributed by atoms with Gasteiger partial charge in [-0.1, -0.05) is 17.3 Å². The van der Waals surface area contributed by atoms with E-state index in [4.69, 9.17) is 14.0 Å². The van der Waals surface area contributed by atoms with Crippen LogP contribution in [0.25, 0.3) is 0 Å². The summed E-state index contributed by atoms with van der Waals surface area (Å²) in [6.45, 7) is 2.69. The Morgan fingerprint density at radius 3 is 2.39 bits per heavy atom. The van der Waals surface area contributed by atoms with Crippen molar-refractivity contribution in [3.05, 3.63) is 65.8 Å². The maximum atomic E-state index is 13.1. The van der Waals surface area contributed by atoms with Crippen LogP contribution in [0.3, 0.4) is 0 Å². The first-order valence-corrected chi connectivity index (χ1v) is 11.8. The Balaban J connectivity index is 1.41. The predicted octanol–water partition coefficient (Wildman–Crippen LogP) is 2.11. The van der Waals surface area contributed by atoms with Crippen molar-refractivity contribution in [3.63, 3.8) is 0 Å². The number of piperazine rings is 1. The van der Waals surface area contributed by atoms with Crippen molar-refractivity contribution in [1.29, 1.82) is 0 Å². The number of benzene rings is 2. The van der Waals surface area contributed by atoms with Crippen LogP contribution < -0.4 is 9.47 Å². The molecule has 1 amide bonds. The Hall–Kier alpha value is -3.44. The number of para-hydroxylation sites is 1. The number of aryl methyl sites for hydroxylation is 1. The van der Waals surface area contributed by atoms with E-state index in [1.165, 1.54) is 23.5 Å². The summed E-state index contributed by atoms with van der Waals surface area (Å²) in [7, 11) is -2.13. The zero-order valence-corrected chi connectivity index (χ0v) is 19.1. The van der Waals surface area contributed by atoms with E-state index in [0.29, 0.717) is 28.8 Å². The topological polar surface area (TPSA) is 115 Å². The highest BCUT2D eigenvalue weighted by Crippen LogP contribution is 2.24. The maximum Gasteiger partial charge on any atom is 0.257 e. The number of rotatable bonds is 7. The standard InChI is InChI=1S/C22H24N4O6S/c1-16-23-21(24-32-16)15-31-20-6-4-3-5-19(20)22(27)25-11-13-26(14-12-25)33(28,29)18-9-7-17(30-2)8-10-18/h3-10H,11-15H2,1-2H3. The molecule has 1 fully saturated rings. The van der Waals surface area contributed by atoms with E-state index in [2.05, 4.69) is 10.1 Å². The maximum absolute atomic E-state index is 13.1. The van der Waals surface area contributed by atoms with Crippen LogP contribution in [-0.4, -0.2) is 67.0 Å². The van der Waals surface area contributed by atoms with Gasteiger partial charge in [0.2, 0.25) is 21.7 Å². The van der Waals surface area contributed by atoms with Gasteiger partial charge in [0.15, 0.2) is 6.61 Å². The molecule has 3 aromatic rings. The summed E-state index contributed by atoms with van der Waals surface area (Å²) in [5, 5.41) is 3.79. The molecular weight excluding hydrogens is 448 g/mol. The number of methoxy groups -OCH3 is 1. The van der Waals surface area contributed by atoms with E-state index >= 15 is 0 Å². The number of hydrogen-bond donors (Lipinski definition) is 0. The molecular formula is C22H24N4O6S. The second-order valence-electron chi connectivity index (χ2n) is 7.39. The van der Waals surface area contributed by atoms with Crippen molar-refractivity contribution in [3.8, 4) is 11.5 Å². The molecule has 0 bridgehead atoms. The van der Waals surface area contributed by atoms with Gasteiger partial charge in [-0.2, -0.15) is 9.29 Å². The van der Waals surface area contributed by atoms with Gasteiger partial charge in [-0.05, 0) is 36.4 Å². The minimum atomic E-state index is -3.65. The summed E-state index contributed by atoms with van der Waals surface area (Å²) in [4.78, 5) is 19.1. The number of sulfonamides is 1. The SMILES string of the molecule is COc1ccc(S(=O)(=O)N2CCN(C(=O)c3ccccc3OCc3noc(C)n3)CC2)cc1. The van der Waals surface area contributed by atoms with Gasteiger partial charge in [0.1, 0.15) is 11.5 Å². The quantitative estimate of drug-likeness (QED) is 0.514. The van der Waals surface area contributed by atoms with Gasteiger partial charge in [0, 0.05) is 33.1 Å². The van der Waals surface area contributed by atoms with Crippen LogP contribution in [0.1, 0.15) is 22.1 Å². The fourth-order valence-corrected chi connectivity index (χ4v) is 4.93. The molecule has 1 aliphatic heterocycles. The minimum absolute atomic E-state index is 0.0650. The fourth-order valence-electron chi connectivity index (χ4n) is 3.51. The summed E-state index contributed by atoms with van der Waals surface area (Å²) < 4.78 is 43.1. The first-order valence-electron chi connectivity index (χ1n) is 10.3. The monoisotopic (exact) mass is 472 g/mol. The van der Waals surface area contributed by atoms with E-state index in [-0.39, 0.29) is 43.6 Å². The number of carbonyl (C=O) groups is 1. The van der Waals surface area contributed by atoms with Crippen molar-refractivity contribution < 1.29 is 27.2 Å². The van der Waals surface area contributed by atoms with E-state index in [0.717, 1.165) is 0 Å². The fraction of sp³-hybridized carbons (Fsp3) is 0.318. The Kier molecular flexibility index (Phi) is 6.61. The molecule has 2 aromatic carbocycles. The minimum Gasteiger partial charge on any atom is -0.497 e. The number of hydrogen-bond acceptors (Lipinski definition) is 8. The van der Waals surface area contributed by atoms with Crippen LogP contribution in [-0.2, 0) is 16.6 Å². The molecule has 2 heterocycles. The summed E-state index contributed by atoms with van der Waals surface area (Å²) in [6, 6.07) is 13.2. The van der Waals surface area contributed by atoms with Crippen molar-refractivity contribution in [2.75, 3.05) is 33.3 Å². The van der Waals surface area contributed by atoms with Crippen molar-refractivity contribution in [2.24, 2.45) is 0 Å². The van der Waals surface area contributed by atoms with E-state index in [1.807, 2.05) is 0 Å². The van der Waals surface area contributed by atoms with Crippen LogP contribution in [0.15, 0.2) is 57.9 Å². The molecule has 0 radical (unpaired) electrons. The summed E-state index contributed by atoms with van der Waals surface area (Å²) in [5.41, 5.74) is 0.393. The average Bonchev–Trinajstić information content (AvgIpc) is 3.27. The molecule has 11 heteroatoms. The molecule has 10 nitrogen and oxygen atoms in total. The highest BCUT2D eigenvalue weighted by molar-refractivity contribution is 7.89. The summed E-state index contributed by atoms with van der Waals surface area (Å²) in [5.74, 6) is 1.57. The van der Waals surface area contributed by atoms with Crippen LogP contribution in [0.4, 0.5) is 0 Å². The molecule has 1 saturated heterocycles. The summed E-state index contributed by atoms with van der Waals surface area (Å²) in [6.07, 6.45) is 0. The number of amides is 1. The zero-order valence-electron chi connectivity index (χ0n) is 18.3. The Morgan fingerprint density at radius 1 is 1.06 bits per heavy atom. The molecule has 1 aromatic heterocycles. The molecule has 1 aliphatic rings. The first kappa shape index (κ1) is 22.7. The van der Waals surface area contributed by atoms with E-state index in [9.17, 15) is 13.2 Å². The second-order valence-corrected chi connectivity index (χ2v) is 9.32. The van der Waals surface area contributed by atoms with Crippen molar-refractivity contribution in [1.82, 2.24) is 19.3 Å². The highest BCUT2D eigenvalue weighted by Gasteiger charge is 2.31. The lowest BCUT2D eigenvalue weighted by Crippen LogP contribution is -2.50. The third-order valence-electron chi connectivity index (χ3n) is 5.27. The van der Waals surface area contributed by atoms with Gasteiger partial charge in [-0.15, -0.1) is 0 Å². The average molecular weight is 473 g/mol. The number of carbonyl (C=O) groups excluding carboxylic acids is 1. The predicted molar refractivity (Wildman–Crippen MR) is 117 cm³/mol. The lowest BCUT2D eigenvalue weighted by molar-refractivity contribution is 0.0693. The molecule has 0 atom stereocenters. The van der Waals surface area contributed by atoms with Crippen LogP contribution in [0, 0.1) is 6.92 Å². The van der Waals surface area contributed by atoms with Crippen molar-refractivity contribution >= 4 is 15.9 Å². The van der Waals surface area contributed by atoms with Crippen LogP contribution >= 0.6 is 0 Å². The van der Waals surface area contributed by atoms with Crippen LogP contribution in [0.2, 0.25) is 0 Å². The molecule has 0 N–H and O–H groups in total. The van der Waals surface area contributed by atoms with Gasteiger partial charge >= 0.3 is 0 Å². The molecule has 0 unspecified atom stereocenters. The normalized spacial score (nSPS) is 14.8. The van der Waals surface area contributed by atoms with Crippen molar-refractivity contribution in [2.45, 2.75) is 18.4 Å². The third-order valence-corrected chi connectivity index (χ3v) is 7.18. The second kappa shape index (κ2) is 9.59. The van der Waals surface area contributed by atoms with E-state index < -0.39 is 10.0 Å². The van der Waals surface area contributed by atoms with E-state index in [1.54, 1.807) is 48.2 Å². The number of aromatic nitrogens is 2. The number of ether oxygens (including phenoxy) is 2. The van der Waals surface area contributed by atoms with Crippen LogP contribution in [0.5, 0.6) is 11.5 Å². The zero-order chi connectivity index (χ0) is 23.4. The molecule has 0 aliphatic carbocycles. The molecule has 4 rings (SSSR count). The Labute approximate surface area is 191 Å². The smallest absolute Gasteiger partial charge is 0.257 e. The molecule has 0 spiro atoms. The highest BCUT2D eigenvalue weighted by atomic mass is 32.2. The Morgan fingerprint density at radius 2 is 1.76 bits per heavy atom. The molecule has 174 valence electrons. The van der Waals surface area contributed by atoms with Gasteiger partial charge in [-0.25, -0.2) is 8.42 Å². The number of nitrogens with zero attached hydrogens (tertiary/aromatic N) is 4. The Bertz CT molecular complexity index is 1220. The van der Waals surface area contributed by atoms with Gasteiger partial charge in [-0.3, -0.25) is 4.79 Å². The first-order chi connectivity index (χ1) is 15.9. The lowest BCUT2D eigenvalue weighted by atomic mass is 10.1. The third kappa shape index (κ3) is 4.99.